The third-order valence-electron chi connectivity index (χ3n) is 1.95. The largest absolute Gasteiger partial charge is 0.347 e. The molecule has 0 fully saturated rings. The summed E-state index contributed by atoms with van der Waals surface area (Å²) in [4.78, 5) is 16.0. The number of anilines is 2. The average molecular weight is 274 g/mol. The molecular formula is C9H18N6O2S. The van der Waals surface area contributed by atoms with Crippen molar-refractivity contribution in [1.29, 1.82) is 0 Å². The first-order chi connectivity index (χ1) is 8.19. The number of rotatable bonds is 5. The Morgan fingerprint density at radius 1 is 1.00 bits per heavy atom. The quantitative estimate of drug-likeness (QED) is 0.740. The molecule has 0 radical (unpaired) electrons. The summed E-state index contributed by atoms with van der Waals surface area (Å²) in [6.45, 7) is 0.0447. The molecule has 0 aliphatic rings. The molecule has 1 aromatic heterocycles. The van der Waals surface area contributed by atoms with Gasteiger partial charge in [0.15, 0.2) is 5.82 Å². The molecule has 0 atom stereocenters. The van der Waals surface area contributed by atoms with E-state index in [0.717, 1.165) is 6.26 Å². The van der Waals surface area contributed by atoms with Gasteiger partial charge in [-0.2, -0.15) is 15.0 Å². The minimum absolute atomic E-state index is 0.0447. The highest BCUT2D eigenvalue weighted by atomic mass is 32.2. The number of hydrogen-bond donors (Lipinski definition) is 1. The smallest absolute Gasteiger partial charge is 0.229 e. The fourth-order valence-corrected chi connectivity index (χ4v) is 1.46. The third-order valence-corrected chi connectivity index (χ3v) is 2.62. The van der Waals surface area contributed by atoms with Crippen LogP contribution >= 0.6 is 0 Å². The van der Waals surface area contributed by atoms with Gasteiger partial charge in [-0.25, -0.2) is 13.1 Å². The van der Waals surface area contributed by atoms with Gasteiger partial charge in [-0.05, 0) is 0 Å². The first kappa shape index (κ1) is 14.6. The normalized spacial score (nSPS) is 11.4. The van der Waals surface area contributed by atoms with Crippen molar-refractivity contribution in [3.63, 3.8) is 0 Å². The van der Waals surface area contributed by atoms with Gasteiger partial charge in [0, 0.05) is 28.2 Å². The second-order valence-electron chi connectivity index (χ2n) is 4.23. The van der Waals surface area contributed by atoms with Gasteiger partial charge in [0.05, 0.1) is 12.8 Å². The molecule has 0 aliphatic carbocycles. The van der Waals surface area contributed by atoms with Gasteiger partial charge in [0.25, 0.3) is 0 Å². The van der Waals surface area contributed by atoms with Gasteiger partial charge in [-0.1, -0.05) is 0 Å². The van der Waals surface area contributed by atoms with Crippen molar-refractivity contribution in [2.45, 2.75) is 6.54 Å². The second-order valence-corrected chi connectivity index (χ2v) is 6.07. The van der Waals surface area contributed by atoms with Crippen LogP contribution in [0.1, 0.15) is 5.82 Å². The topological polar surface area (TPSA) is 91.3 Å². The summed E-state index contributed by atoms with van der Waals surface area (Å²) in [5.74, 6) is 1.35. The molecule has 9 heteroatoms. The van der Waals surface area contributed by atoms with Crippen LogP contribution in [0.15, 0.2) is 0 Å². The minimum Gasteiger partial charge on any atom is -0.347 e. The van der Waals surface area contributed by atoms with E-state index in [1.807, 2.05) is 28.2 Å². The van der Waals surface area contributed by atoms with E-state index in [0.29, 0.717) is 17.7 Å². The summed E-state index contributed by atoms with van der Waals surface area (Å²) in [7, 11) is 3.97. The van der Waals surface area contributed by atoms with Crippen molar-refractivity contribution in [3.05, 3.63) is 5.82 Å². The molecule has 18 heavy (non-hydrogen) atoms. The molecule has 0 amide bonds. The second kappa shape index (κ2) is 5.44. The van der Waals surface area contributed by atoms with Crippen LogP contribution in [-0.2, 0) is 16.6 Å². The van der Waals surface area contributed by atoms with Crippen molar-refractivity contribution in [2.75, 3.05) is 44.2 Å². The molecule has 1 N–H and O–H groups in total. The molecule has 0 saturated carbocycles. The molecule has 0 aliphatic heterocycles. The summed E-state index contributed by atoms with van der Waals surface area (Å²) < 4.78 is 24.4. The standard InChI is InChI=1S/C9H18N6O2S/c1-14(2)8-11-7(6-10-18(5,16)17)12-9(13-8)15(3)4/h10H,6H2,1-5H3. The van der Waals surface area contributed by atoms with Gasteiger partial charge < -0.3 is 9.80 Å². The van der Waals surface area contributed by atoms with Crippen LogP contribution in [0.3, 0.4) is 0 Å². The van der Waals surface area contributed by atoms with E-state index in [2.05, 4.69) is 19.7 Å². The third kappa shape index (κ3) is 4.41. The van der Waals surface area contributed by atoms with Crippen LogP contribution in [0.2, 0.25) is 0 Å². The van der Waals surface area contributed by atoms with Crippen molar-refractivity contribution in [1.82, 2.24) is 19.7 Å². The highest BCUT2D eigenvalue weighted by Crippen LogP contribution is 2.10. The summed E-state index contributed by atoms with van der Waals surface area (Å²) in [6, 6.07) is 0. The molecule has 0 aromatic carbocycles. The highest BCUT2D eigenvalue weighted by molar-refractivity contribution is 7.88. The van der Waals surface area contributed by atoms with Crippen LogP contribution in [0.25, 0.3) is 0 Å². The maximum atomic E-state index is 11.0. The molecule has 0 unspecified atom stereocenters. The Hall–Kier alpha value is -1.48. The average Bonchev–Trinajstić information content (AvgIpc) is 2.25. The van der Waals surface area contributed by atoms with Crippen molar-refractivity contribution >= 4 is 21.9 Å². The summed E-state index contributed by atoms with van der Waals surface area (Å²) in [5, 5.41) is 0. The molecule has 0 saturated heterocycles. The van der Waals surface area contributed by atoms with Crippen LogP contribution in [0.4, 0.5) is 11.9 Å². The molecule has 8 nitrogen and oxygen atoms in total. The van der Waals surface area contributed by atoms with Crippen molar-refractivity contribution in [3.8, 4) is 0 Å². The van der Waals surface area contributed by atoms with Crippen LogP contribution < -0.4 is 14.5 Å². The Morgan fingerprint density at radius 3 is 1.78 bits per heavy atom. The predicted octanol–water partition coefficient (Wildman–Crippen LogP) is -0.947. The Morgan fingerprint density at radius 2 is 1.44 bits per heavy atom. The van der Waals surface area contributed by atoms with E-state index < -0.39 is 10.0 Å². The fraction of sp³-hybridized carbons (Fsp3) is 0.667. The summed E-state index contributed by atoms with van der Waals surface area (Å²) in [6.07, 6.45) is 1.09. The van der Waals surface area contributed by atoms with E-state index in [9.17, 15) is 8.42 Å². The number of aromatic nitrogens is 3. The lowest BCUT2D eigenvalue weighted by Crippen LogP contribution is -2.25. The molecule has 102 valence electrons. The molecule has 0 spiro atoms. The van der Waals surface area contributed by atoms with Crippen LogP contribution in [-0.4, -0.2) is 57.8 Å². The lowest BCUT2D eigenvalue weighted by atomic mass is 10.6. The number of sulfonamides is 1. The fourth-order valence-electron chi connectivity index (χ4n) is 1.07. The van der Waals surface area contributed by atoms with E-state index in [1.165, 1.54) is 0 Å². The monoisotopic (exact) mass is 274 g/mol. The Kier molecular flexibility index (Phi) is 4.41. The van der Waals surface area contributed by atoms with Crippen molar-refractivity contribution < 1.29 is 8.42 Å². The lowest BCUT2D eigenvalue weighted by Gasteiger charge is -2.16. The SMILES string of the molecule is CN(C)c1nc(CNS(C)(=O)=O)nc(N(C)C)n1. The molecule has 1 rings (SSSR count). The Bertz CT molecular complexity index is 488. The van der Waals surface area contributed by atoms with E-state index in [-0.39, 0.29) is 6.54 Å². The van der Waals surface area contributed by atoms with Crippen LogP contribution in [0, 0.1) is 0 Å². The maximum Gasteiger partial charge on any atom is 0.229 e. The Labute approximate surface area is 107 Å². The van der Waals surface area contributed by atoms with Gasteiger partial charge in [-0.15, -0.1) is 0 Å². The summed E-state index contributed by atoms with van der Waals surface area (Å²) in [5.41, 5.74) is 0. The predicted molar refractivity (Wildman–Crippen MR) is 70.2 cm³/mol. The van der Waals surface area contributed by atoms with E-state index in [1.54, 1.807) is 9.80 Å². The zero-order valence-electron chi connectivity index (χ0n) is 11.2. The number of nitrogens with one attached hydrogen (secondary N) is 1. The number of hydrogen-bond acceptors (Lipinski definition) is 7. The highest BCUT2D eigenvalue weighted by Gasteiger charge is 2.11. The van der Waals surface area contributed by atoms with Gasteiger partial charge in [0.1, 0.15) is 0 Å². The minimum atomic E-state index is -3.27. The first-order valence-electron chi connectivity index (χ1n) is 5.23. The number of nitrogens with zero attached hydrogens (tertiary/aromatic N) is 5. The van der Waals surface area contributed by atoms with Gasteiger partial charge in [0.2, 0.25) is 21.9 Å². The molecule has 0 bridgehead atoms. The first-order valence-corrected chi connectivity index (χ1v) is 7.12. The van der Waals surface area contributed by atoms with E-state index >= 15 is 0 Å². The van der Waals surface area contributed by atoms with Gasteiger partial charge >= 0.3 is 0 Å². The summed E-state index contributed by atoms with van der Waals surface area (Å²) >= 11 is 0. The van der Waals surface area contributed by atoms with Gasteiger partial charge in [-0.3, -0.25) is 0 Å². The molecule has 1 aromatic rings. The lowest BCUT2D eigenvalue weighted by molar-refractivity contribution is 0.585. The zero-order valence-corrected chi connectivity index (χ0v) is 12.0. The maximum absolute atomic E-state index is 11.0. The molecular weight excluding hydrogens is 256 g/mol. The zero-order chi connectivity index (χ0) is 13.9. The molecule has 1 heterocycles. The van der Waals surface area contributed by atoms with Crippen LogP contribution in [0.5, 0.6) is 0 Å². The Balaban J connectivity index is 3.03. The van der Waals surface area contributed by atoms with E-state index in [4.69, 9.17) is 0 Å². The van der Waals surface area contributed by atoms with Crippen molar-refractivity contribution in [2.24, 2.45) is 0 Å².